The van der Waals surface area contributed by atoms with Crippen molar-refractivity contribution in [3.05, 3.63) is 47.3 Å². The van der Waals surface area contributed by atoms with Gasteiger partial charge in [-0.15, -0.1) is 11.6 Å². The van der Waals surface area contributed by atoms with Crippen molar-refractivity contribution in [1.29, 1.82) is 0 Å². The van der Waals surface area contributed by atoms with Gasteiger partial charge in [0.05, 0.1) is 10.7 Å². The smallest absolute Gasteiger partial charge is 0.114 e. The van der Waals surface area contributed by atoms with Gasteiger partial charge in [0.15, 0.2) is 0 Å². The number of aromatic nitrogens is 1. The number of hydrogen-bond donors (Lipinski definition) is 2. The predicted octanol–water partition coefficient (Wildman–Crippen LogP) is 3.19. The Morgan fingerprint density at radius 2 is 2.18 bits per heavy atom. The summed E-state index contributed by atoms with van der Waals surface area (Å²) in [5, 5.41) is 1.42. The van der Waals surface area contributed by atoms with E-state index in [2.05, 4.69) is 9.98 Å². The first kappa shape index (κ1) is 12.0. The van der Waals surface area contributed by atoms with Crippen LogP contribution in [0.3, 0.4) is 0 Å². The van der Waals surface area contributed by atoms with E-state index in [4.69, 9.17) is 28.9 Å². The molecule has 0 saturated carbocycles. The van der Waals surface area contributed by atoms with Gasteiger partial charge in [-0.05, 0) is 6.07 Å². The van der Waals surface area contributed by atoms with Crippen LogP contribution in [-0.2, 0) is 0 Å². The number of H-pyrrole nitrogens is 1. The summed E-state index contributed by atoms with van der Waals surface area (Å²) in [7, 11) is 0. The zero-order chi connectivity index (χ0) is 12.3. The summed E-state index contributed by atoms with van der Waals surface area (Å²) in [5.41, 5.74) is 7.94. The fourth-order valence-corrected chi connectivity index (χ4v) is 1.98. The molecule has 3 N–H and O–H groups in total. The molecule has 0 atom stereocenters. The Morgan fingerprint density at radius 3 is 2.88 bits per heavy atom. The van der Waals surface area contributed by atoms with Crippen LogP contribution < -0.4 is 5.73 Å². The number of fused-ring (bicyclic) bond motifs is 1. The third kappa shape index (κ3) is 2.30. The lowest BCUT2D eigenvalue weighted by Crippen LogP contribution is -2.03. The average molecular weight is 268 g/mol. The van der Waals surface area contributed by atoms with Crippen molar-refractivity contribution in [3.63, 3.8) is 0 Å². The number of para-hydroxylation sites is 1. The highest BCUT2D eigenvalue weighted by Gasteiger charge is 2.12. The molecule has 0 unspecified atom stereocenters. The van der Waals surface area contributed by atoms with Crippen LogP contribution in [0.15, 0.2) is 46.7 Å². The van der Waals surface area contributed by atoms with Crippen molar-refractivity contribution in [2.45, 2.75) is 0 Å². The third-order valence-corrected chi connectivity index (χ3v) is 2.86. The average Bonchev–Trinajstić information content (AvgIpc) is 2.79. The van der Waals surface area contributed by atoms with Crippen LogP contribution in [0.2, 0.25) is 0 Å². The number of nitrogens with two attached hydrogens (primary N) is 1. The minimum Gasteiger partial charge on any atom is -0.403 e. The molecular weight excluding hydrogens is 257 g/mol. The molecule has 0 saturated heterocycles. The third-order valence-electron chi connectivity index (χ3n) is 2.43. The molecule has 0 bridgehead atoms. The van der Waals surface area contributed by atoms with Crippen LogP contribution in [0.5, 0.6) is 0 Å². The summed E-state index contributed by atoms with van der Waals surface area (Å²) >= 11 is 11.7. The highest BCUT2D eigenvalue weighted by molar-refractivity contribution is 6.47. The largest absolute Gasteiger partial charge is 0.403 e. The minimum absolute atomic E-state index is 0.138. The van der Waals surface area contributed by atoms with E-state index in [0.29, 0.717) is 10.7 Å². The van der Waals surface area contributed by atoms with E-state index in [9.17, 15) is 0 Å². The molecule has 0 aliphatic rings. The van der Waals surface area contributed by atoms with Gasteiger partial charge >= 0.3 is 0 Å². The number of halogens is 2. The summed E-state index contributed by atoms with van der Waals surface area (Å²) in [6.07, 6.45) is 3.16. The lowest BCUT2D eigenvalue weighted by atomic mass is 10.1. The Morgan fingerprint density at radius 1 is 1.41 bits per heavy atom. The quantitative estimate of drug-likeness (QED) is 0.501. The van der Waals surface area contributed by atoms with Crippen molar-refractivity contribution in [1.82, 2.24) is 4.98 Å². The molecule has 0 aliphatic heterocycles. The van der Waals surface area contributed by atoms with Gasteiger partial charge in [-0.25, -0.2) is 0 Å². The van der Waals surface area contributed by atoms with Gasteiger partial charge < -0.3 is 10.7 Å². The maximum atomic E-state index is 6.03. The number of benzene rings is 1. The van der Waals surface area contributed by atoms with Crippen LogP contribution in [0, 0.1) is 0 Å². The first-order valence-electron chi connectivity index (χ1n) is 5.02. The SMILES string of the molecule is N/C=C(Cl)\C(=N/CCl)c1c[nH]c2ccccc12. The molecular formula is C12H11Cl2N3. The van der Waals surface area contributed by atoms with Crippen molar-refractivity contribution in [2.75, 3.05) is 6.00 Å². The Balaban J connectivity index is 2.61. The van der Waals surface area contributed by atoms with Crippen LogP contribution in [0.25, 0.3) is 10.9 Å². The van der Waals surface area contributed by atoms with Gasteiger partial charge in [-0.1, -0.05) is 29.8 Å². The monoisotopic (exact) mass is 267 g/mol. The molecule has 1 aromatic heterocycles. The van der Waals surface area contributed by atoms with Gasteiger partial charge in [0.25, 0.3) is 0 Å². The van der Waals surface area contributed by atoms with E-state index in [1.165, 1.54) is 6.20 Å². The Hall–Kier alpha value is -1.45. The van der Waals surface area contributed by atoms with Gasteiger partial charge in [0.2, 0.25) is 0 Å². The molecule has 88 valence electrons. The number of aromatic amines is 1. The van der Waals surface area contributed by atoms with E-state index in [1.54, 1.807) is 0 Å². The number of allylic oxidation sites excluding steroid dienone is 1. The van der Waals surface area contributed by atoms with Gasteiger partial charge in [-0.3, -0.25) is 4.99 Å². The topological polar surface area (TPSA) is 54.2 Å². The van der Waals surface area contributed by atoms with Crippen molar-refractivity contribution in [3.8, 4) is 0 Å². The highest BCUT2D eigenvalue weighted by Crippen LogP contribution is 2.22. The summed E-state index contributed by atoms with van der Waals surface area (Å²) < 4.78 is 0. The van der Waals surface area contributed by atoms with Gasteiger partial charge in [0, 0.05) is 28.9 Å². The summed E-state index contributed by atoms with van der Waals surface area (Å²) in [5.74, 6) is 0. The van der Waals surface area contributed by atoms with Crippen LogP contribution in [0.1, 0.15) is 5.56 Å². The number of alkyl halides is 1. The van der Waals surface area contributed by atoms with E-state index in [-0.39, 0.29) is 6.00 Å². The molecule has 0 amide bonds. The normalized spacial score (nSPS) is 13.3. The first-order chi connectivity index (χ1) is 8.27. The predicted molar refractivity (Wildman–Crippen MR) is 73.7 cm³/mol. The molecule has 0 aliphatic carbocycles. The van der Waals surface area contributed by atoms with Crippen LogP contribution in [-0.4, -0.2) is 16.7 Å². The molecule has 0 spiro atoms. The second-order valence-corrected chi connectivity index (χ2v) is 4.04. The summed E-state index contributed by atoms with van der Waals surface area (Å²) in [4.78, 5) is 7.32. The number of hydrogen-bond acceptors (Lipinski definition) is 2. The second kappa shape index (κ2) is 5.25. The van der Waals surface area contributed by atoms with Crippen LogP contribution in [0.4, 0.5) is 0 Å². The molecule has 0 radical (unpaired) electrons. The molecule has 2 rings (SSSR count). The Bertz CT molecular complexity index is 584. The Kier molecular flexibility index (Phi) is 3.71. The standard InChI is InChI=1S/C12H11Cl2N3/c13-7-17-12(10(14)5-15)9-6-16-11-4-2-1-3-8(9)11/h1-6,16H,7,15H2/b10-5+,17-12-. The molecule has 1 aromatic carbocycles. The minimum atomic E-state index is 0.138. The first-order valence-corrected chi connectivity index (χ1v) is 5.94. The van der Waals surface area contributed by atoms with Gasteiger partial charge in [-0.2, -0.15) is 0 Å². The maximum Gasteiger partial charge on any atom is 0.114 e. The number of aliphatic imine (C=N–C) groups is 1. The second-order valence-electron chi connectivity index (χ2n) is 3.39. The van der Waals surface area contributed by atoms with E-state index >= 15 is 0 Å². The molecule has 2 aromatic rings. The molecule has 17 heavy (non-hydrogen) atoms. The zero-order valence-corrected chi connectivity index (χ0v) is 10.5. The van der Waals surface area contributed by atoms with Gasteiger partial charge in [0.1, 0.15) is 6.00 Å². The lowest BCUT2D eigenvalue weighted by molar-refractivity contribution is 1.35. The van der Waals surface area contributed by atoms with E-state index in [0.717, 1.165) is 16.5 Å². The number of nitrogens with one attached hydrogen (secondary N) is 1. The van der Waals surface area contributed by atoms with Crippen molar-refractivity contribution >= 4 is 39.8 Å². The lowest BCUT2D eigenvalue weighted by Gasteiger charge is -2.03. The highest BCUT2D eigenvalue weighted by atomic mass is 35.5. The molecule has 0 fully saturated rings. The van der Waals surface area contributed by atoms with Crippen molar-refractivity contribution in [2.24, 2.45) is 10.7 Å². The number of nitrogens with zero attached hydrogens (tertiary/aromatic N) is 1. The maximum absolute atomic E-state index is 6.03. The molecule has 1 heterocycles. The van der Waals surface area contributed by atoms with E-state index in [1.807, 2.05) is 30.5 Å². The summed E-state index contributed by atoms with van der Waals surface area (Å²) in [6, 6.07) is 8.03. The fourth-order valence-electron chi connectivity index (χ4n) is 1.70. The number of rotatable bonds is 3. The van der Waals surface area contributed by atoms with E-state index < -0.39 is 0 Å². The van der Waals surface area contributed by atoms with Crippen molar-refractivity contribution < 1.29 is 0 Å². The summed E-state index contributed by atoms with van der Waals surface area (Å²) in [6.45, 7) is 0. The molecule has 3 nitrogen and oxygen atoms in total. The Labute approximate surface area is 109 Å². The fraction of sp³-hybridized carbons (Fsp3) is 0.0833. The zero-order valence-electron chi connectivity index (χ0n) is 8.95. The van der Waals surface area contributed by atoms with Crippen LogP contribution >= 0.6 is 23.2 Å². The molecule has 5 heteroatoms.